The largest absolute Gasteiger partial charge is 0.484 e. The Labute approximate surface area is 154 Å². The molecule has 0 saturated heterocycles. The highest BCUT2D eigenvalue weighted by Crippen LogP contribution is 2.37. The summed E-state index contributed by atoms with van der Waals surface area (Å²) < 4.78 is 8.43. The Bertz CT molecular complexity index is 931. The SMILES string of the molecule is CCC(C)(C)c1nnc2ccc(O[C@@H]3CC[C@H](N)c4ccccc43)cn12. The average molecular weight is 350 g/mol. The van der Waals surface area contributed by atoms with E-state index < -0.39 is 0 Å². The topological polar surface area (TPSA) is 65.4 Å². The first-order valence-electron chi connectivity index (χ1n) is 9.36. The van der Waals surface area contributed by atoms with Crippen LogP contribution in [-0.4, -0.2) is 14.6 Å². The third-order valence-corrected chi connectivity index (χ3v) is 5.62. The van der Waals surface area contributed by atoms with Gasteiger partial charge in [0.25, 0.3) is 0 Å². The Balaban J connectivity index is 1.68. The number of nitrogens with two attached hydrogens (primary N) is 1. The van der Waals surface area contributed by atoms with Crippen molar-refractivity contribution in [3.8, 4) is 5.75 Å². The van der Waals surface area contributed by atoms with Crippen molar-refractivity contribution >= 4 is 5.65 Å². The summed E-state index contributed by atoms with van der Waals surface area (Å²) in [6.07, 6.45) is 4.89. The Morgan fingerprint density at radius 2 is 1.88 bits per heavy atom. The van der Waals surface area contributed by atoms with Crippen molar-refractivity contribution < 1.29 is 4.74 Å². The van der Waals surface area contributed by atoms with Crippen LogP contribution in [0.15, 0.2) is 42.6 Å². The van der Waals surface area contributed by atoms with Crippen LogP contribution in [0, 0.1) is 0 Å². The molecule has 1 aliphatic carbocycles. The lowest BCUT2D eigenvalue weighted by atomic mass is 9.86. The average Bonchev–Trinajstić information content (AvgIpc) is 3.08. The Morgan fingerprint density at radius 1 is 1.12 bits per heavy atom. The van der Waals surface area contributed by atoms with E-state index in [0.717, 1.165) is 36.5 Å². The van der Waals surface area contributed by atoms with Crippen molar-refractivity contribution in [2.45, 2.75) is 57.6 Å². The second-order valence-corrected chi connectivity index (χ2v) is 7.77. The molecular weight excluding hydrogens is 324 g/mol. The minimum absolute atomic E-state index is 0.0302. The summed E-state index contributed by atoms with van der Waals surface area (Å²) in [6.45, 7) is 6.55. The van der Waals surface area contributed by atoms with E-state index in [9.17, 15) is 0 Å². The lowest BCUT2D eigenvalue weighted by molar-refractivity contribution is 0.176. The normalized spacial score (nSPS) is 20.2. The molecule has 136 valence electrons. The lowest BCUT2D eigenvalue weighted by Gasteiger charge is -2.30. The summed E-state index contributed by atoms with van der Waals surface area (Å²) in [5.74, 6) is 1.80. The molecule has 5 heteroatoms. The number of fused-ring (bicyclic) bond motifs is 2. The van der Waals surface area contributed by atoms with Crippen LogP contribution >= 0.6 is 0 Å². The first-order chi connectivity index (χ1) is 12.5. The van der Waals surface area contributed by atoms with Gasteiger partial charge in [0.2, 0.25) is 0 Å². The molecule has 0 unspecified atom stereocenters. The summed E-state index contributed by atoms with van der Waals surface area (Å²) in [6, 6.07) is 12.4. The van der Waals surface area contributed by atoms with Crippen LogP contribution in [0.1, 0.15) is 69.1 Å². The third-order valence-electron chi connectivity index (χ3n) is 5.62. The van der Waals surface area contributed by atoms with E-state index in [1.165, 1.54) is 11.1 Å². The first-order valence-corrected chi connectivity index (χ1v) is 9.36. The third kappa shape index (κ3) is 2.86. The fraction of sp³-hybridized carbons (Fsp3) is 0.429. The van der Waals surface area contributed by atoms with Crippen LogP contribution in [0.5, 0.6) is 5.75 Å². The molecule has 0 saturated carbocycles. The van der Waals surface area contributed by atoms with Gasteiger partial charge in [-0.1, -0.05) is 45.0 Å². The predicted octanol–water partition coefficient (Wildman–Crippen LogP) is 4.33. The molecule has 0 amide bonds. The molecule has 2 N–H and O–H groups in total. The summed E-state index contributed by atoms with van der Waals surface area (Å²) >= 11 is 0. The lowest BCUT2D eigenvalue weighted by Crippen LogP contribution is -2.23. The van der Waals surface area contributed by atoms with Crippen molar-refractivity contribution in [2.75, 3.05) is 0 Å². The van der Waals surface area contributed by atoms with Gasteiger partial charge in [-0.15, -0.1) is 10.2 Å². The molecule has 4 rings (SSSR count). The number of rotatable bonds is 4. The number of hydrogen-bond donors (Lipinski definition) is 1. The minimum atomic E-state index is -0.0394. The molecule has 1 aliphatic rings. The van der Waals surface area contributed by atoms with E-state index in [0.29, 0.717) is 0 Å². The smallest absolute Gasteiger partial charge is 0.161 e. The van der Waals surface area contributed by atoms with Crippen LogP contribution < -0.4 is 10.5 Å². The predicted molar refractivity (Wildman–Crippen MR) is 102 cm³/mol. The van der Waals surface area contributed by atoms with E-state index in [1.54, 1.807) is 0 Å². The van der Waals surface area contributed by atoms with Crippen LogP contribution in [-0.2, 0) is 5.41 Å². The second kappa shape index (κ2) is 6.40. The molecule has 0 radical (unpaired) electrons. The van der Waals surface area contributed by atoms with Gasteiger partial charge in [0, 0.05) is 11.5 Å². The van der Waals surface area contributed by atoms with Gasteiger partial charge in [0.15, 0.2) is 5.65 Å². The van der Waals surface area contributed by atoms with Gasteiger partial charge in [-0.05, 0) is 42.5 Å². The Morgan fingerprint density at radius 3 is 2.65 bits per heavy atom. The maximum atomic E-state index is 6.38. The Kier molecular flexibility index (Phi) is 4.19. The molecule has 1 aromatic carbocycles. The fourth-order valence-corrected chi connectivity index (χ4v) is 3.63. The van der Waals surface area contributed by atoms with Gasteiger partial charge in [0.1, 0.15) is 17.7 Å². The van der Waals surface area contributed by atoms with Crippen molar-refractivity contribution in [2.24, 2.45) is 5.73 Å². The van der Waals surface area contributed by atoms with Crippen LogP contribution in [0.4, 0.5) is 0 Å². The molecule has 0 aliphatic heterocycles. The maximum absolute atomic E-state index is 6.38. The van der Waals surface area contributed by atoms with E-state index in [-0.39, 0.29) is 17.6 Å². The second-order valence-electron chi connectivity index (χ2n) is 7.77. The van der Waals surface area contributed by atoms with Gasteiger partial charge < -0.3 is 10.5 Å². The molecule has 2 atom stereocenters. The van der Waals surface area contributed by atoms with Crippen molar-refractivity contribution in [1.82, 2.24) is 14.6 Å². The summed E-state index contributed by atoms with van der Waals surface area (Å²) in [5.41, 5.74) is 9.47. The van der Waals surface area contributed by atoms with Crippen LogP contribution in [0.2, 0.25) is 0 Å². The number of aromatic nitrogens is 3. The quantitative estimate of drug-likeness (QED) is 0.760. The summed E-state index contributed by atoms with van der Waals surface area (Å²) in [7, 11) is 0. The van der Waals surface area contributed by atoms with E-state index in [4.69, 9.17) is 10.5 Å². The van der Waals surface area contributed by atoms with Crippen LogP contribution in [0.3, 0.4) is 0 Å². The van der Waals surface area contributed by atoms with Crippen LogP contribution in [0.25, 0.3) is 5.65 Å². The van der Waals surface area contributed by atoms with E-state index in [1.807, 2.05) is 24.4 Å². The number of nitrogens with zero attached hydrogens (tertiary/aromatic N) is 3. The molecule has 0 fully saturated rings. The molecular formula is C21H26N4O. The number of ether oxygens (including phenoxy) is 1. The van der Waals surface area contributed by atoms with E-state index in [2.05, 4.69) is 53.6 Å². The molecule has 2 heterocycles. The zero-order valence-electron chi connectivity index (χ0n) is 15.6. The van der Waals surface area contributed by atoms with Gasteiger partial charge in [-0.3, -0.25) is 4.40 Å². The molecule has 0 bridgehead atoms. The maximum Gasteiger partial charge on any atom is 0.161 e. The fourth-order valence-electron chi connectivity index (χ4n) is 3.63. The van der Waals surface area contributed by atoms with Gasteiger partial charge in [0.05, 0.1) is 6.20 Å². The van der Waals surface area contributed by atoms with Gasteiger partial charge >= 0.3 is 0 Å². The monoisotopic (exact) mass is 350 g/mol. The van der Waals surface area contributed by atoms with Gasteiger partial charge in [-0.25, -0.2) is 0 Å². The highest BCUT2D eigenvalue weighted by atomic mass is 16.5. The zero-order chi connectivity index (χ0) is 18.3. The first kappa shape index (κ1) is 17.0. The Hall–Kier alpha value is -2.40. The van der Waals surface area contributed by atoms with Crippen molar-refractivity contribution in [3.05, 3.63) is 59.5 Å². The highest BCUT2D eigenvalue weighted by molar-refractivity contribution is 5.43. The number of pyridine rings is 1. The molecule has 26 heavy (non-hydrogen) atoms. The van der Waals surface area contributed by atoms with Crippen molar-refractivity contribution in [1.29, 1.82) is 0 Å². The molecule has 2 aromatic heterocycles. The summed E-state index contributed by atoms with van der Waals surface area (Å²) in [5, 5.41) is 8.72. The number of hydrogen-bond acceptors (Lipinski definition) is 4. The highest BCUT2D eigenvalue weighted by Gasteiger charge is 2.27. The molecule has 0 spiro atoms. The molecule has 3 aromatic rings. The van der Waals surface area contributed by atoms with Gasteiger partial charge in [-0.2, -0.15) is 0 Å². The van der Waals surface area contributed by atoms with Crippen molar-refractivity contribution in [3.63, 3.8) is 0 Å². The number of benzene rings is 1. The zero-order valence-corrected chi connectivity index (χ0v) is 15.6. The summed E-state index contributed by atoms with van der Waals surface area (Å²) in [4.78, 5) is 0. The standard InChI is InChI=1S/C21H26N4O/c1-4-21(2,3)20-24-23-19-12-9-14(13-25(19)20)26-18-11-10-17(22)15-7-5-6-8-16(15)18/h5-9,12-13,17-18H,4,10-11,22H2,1-3H3/t17-,18+/m0/s1. The van der Waals surface area contributed by atoms with E-state index >= 15 is 0 Å². The molecule has 5 nitrogen and oxygen atoms in total. The minimum Gasteiger partial charge on any atom is -0.484 e.